The van der Waals surface area contributed by atoms with Gasteiger partial charge in [0.2, 0.25) is 0 Å². The van der Waals surface area contributed by atoms with Crippen LogP contribution in [0.2, 0.25) is 0 Å². The third-order valence-corrected chi connectivity index (χ3v) is 11.8. The number of nitrogens with one attached hydrogen (secondary N) is 1. The molecule has 3 N–H and O–H groups in total. The molecule has 3 atom stereocenters. The summed E-state index contributed by atoms with van der Waals surface area (Å²) in [6.45, 7) is 2.38. The number of carboxylic acids is 1. The fourth-order valence-electron chi connectivity index (χ4n) is 8.67. The monoisotopic (exact) mass is 858 g/mol. The zero-order valence-electron chi connectivity index (χ0n) is 35.7. The van der Waals surface area contributed by atoms with Gasteiger partial charge in [0, 0.05) is 18.9 Å². The number of methoxy groups -OCH3 is 2. The molecule has 1 saturated heterocycles. The van der Waals surface area contributed by atoms with E-state index >= 15 is 0 Å². The highest BCUT2D eigenvalue weighted by Gasteiger charge is 2.47. The Kier molecular flexibility index (Phi) is 14.4. The molecule has 63 heavy (non-hydrogen) atoms. The number of likely N-dealkylation sites (tertiary alicyclic amines) is 1. The number of carbonyl (C=O) groups is 3. The maximum atomic E-state index is 13.9. The van der Waals surface area contributed by atoms with E-state index in [0.717, 1.165) is 38.9 Å². The molecule has 13 nitrogen and oxygen atoms in total. The van der Waals surface area contributed by atoms with Gasteiger partial charge in [-0.2, -0.15) is 0 Å². The molecule has 5 aromatic rings. The molecule has 13 heteroatoms. The van der Waals surface area contributed by atoms with Crippen LogP contribution in [-0.4, -0.2) is 105 Å². The Balaban J connectivity index is 1.00. The van der Waals surface area contributed by atoms with Crippen molar-refractivity contribution in [3.63, 3.8) is 0 Å². The Hall–Kier alpha value is -6.25. The Morgan fingerprint density at radius 3 is 1.84 bits per heavy atom. The quantitative estimate of drug-likeness (QED) is 0.0315. The van der Waals surface area contributed by atoms with Gasteiger partial charge in [-0.25, -0.2) is 4.79 Å². The lowest BCUT2D eigenvalue weighted by atomic mass is 9.80. The summed E-state index contributed by atoms with van der Waals surface area (Å²) in [7, 11) is 3.25. The van der Waals surface area contributed by atoms with Crippen LogP contribution in [0.15, 0.2) is 127 Å². The molecule has 0 saturated carbocycles. The molecular weight excluding hydrogens is 805 g/mol. The summed E-state index contributed by atoms with van der Waals surface area (Å²) in [5, 5.41) is 24.1. The van der Waals surface area contributed by atoms with Gasteiger partial charge in [0.15, 0.2) is 0 Å². The highest BCUT2D eigenvalue weighted by molar-refractivity contribution is 5.79. The minimum atomic E-state index is -1.67. The van der Waals surface area contributed by atoms with E-state index in [1.54, 1.807) is 21.1 Å². The molecule has 0 bridgehead atoms. The van der Waals surface area contributed by atoms with Gasteiger partial charge in [-0.3, -0.25) is 19.8 Å². The number of hydrogen-bond donors (Lipinski definition) is 3. The first-order chi connectivity index (χ1) is 30.5. The van der Waals surface area contributed by atoms with E-state index in [9.17, 15) is 19.5 Å². The van der Waals surface area contributed by atoms with Crippen LogP contribution in [0.1, 0.15) is 59.9 Å². The lowest BCUT2D eigenvalue weighted by Gasteiger charge is -2.36. The number of hydrogen-bond acceptors (Lipinski definition) is 11. The number of nitrogens with zero attached hydrogens (tertiary/aromatic N) is 1. The van der Waals surface area contributed by atoms with Crippen molar-refractivity contribution in [2.75, 3.05) is 53.7 Å². The van der Waals surface area contributed by atoms with Crippen LogP contribution in [0, 0.1) is 0 Å². The molecule has 1 unspecified atom stereocenters. The van der Waals surface area contributed by atoms with Crippen molar-refractivity contribution in [1.29, 1.82) is 0 Å². The Labute approximate surface area is 367 Å². The minimum Gasteiger partial charge on any atom is -0.497 e. The van der Waals surface area contributed by atoms with Gasteiger partial charge in [-0.15, -0.1) is 0 Å². The first kappa shape index (κ1) is 44.8. The van der Waals surface area contributed by atoms with E-state index < -0.39 is 41.5 Å². The number of benzene rings is 5. The number of fused-ring (bicyclic) bond motifs is 3. The van der Waals surface area contributed by atoms with E-state index in [2.05, 4.69) is 17.4 Å². The van der Waals surface area contributed by atoms with Gasteiger partial charge in [0.25, 0.3) is 0 Å². The smallest absolute Gasteiger partial charge is 0.410 e. The topological polar surface area (TPSA) is 162 Å². The number of ether oxygens (including phenoxy) is 6. The van der Waals surface area contributed by atoms with Crippen LogP contribution in [0.25, 0.3) is 11.1 Å². The number of rotatable bonds is 20. The highest BCUT2D eigenvalue weighted by Crippen LogP contribution is 2.45. The third kappa shape index (κ3) is 10.2. The maximum absolute atomic E-state index is 13.9. The largest absolute Gasteiger partial charge is 0.497 e. The summed E-state index contributed by atoms with van der Waals surface area (Å²) >= 11 is 0. The Morgan fingerprint density at radius 2 is 1.27 bits per heavy atom. The van der Waals surface area contributed by atoms with Crippen molar-refractivity contribution >= 4 is 18.0 Å². The third-order valence-electron chi connectivity index (χ3n) is 11.8. The predicted octanol–water partition coefficient (Wildman–Crippen LogP) is 7.13. The molecule has 7 rings (SSSR count). The van der Waals surface area contributed by atoms with Crippen molar-refractivity contribution in [1.82, 2.24) is 10.2 Å². The van der Waals surface area contributed by atoms with Crippen LogP contribution >= 0.6 is 0 Å². The van der Waals surface area contributed by atoms with E-state index in [-0.39, 0.29) is 64.7 Å². The van der Waals surface area contributed by atoms with Crippen molar-refractivity contribution in [2.45, 2.75) is 55.6 Å². The number of carboxylic acid groups (broad SMARTS) is 1. The zero-order valence-corrected chi connectivity index (χ0v) is 35.7. The fourth-order valence-corrected chi connectivity index (χ4v) is 8.67. The second-order valence-electron chi connectivity index (χ2n) is 15.8. The lowest BCUT2D eigenvalue weighted by Crippen LogP contribution is -2.58. The molecule has 1 aliphatic heterocycles. The Morgan fingerprint density at radius 1 is 0.714 bits per heavy atom. The van der Waals surface area contributed by atoms with Gasteiger partial charge >= 0.3 is 18.0 Å². The first-order valence-corrected chi connectivity index (χ1v) is 21.1. The highest BCUT2D eigenvalue weighted by atomic mass is 16.6. The van der Waals surface area contributed by atoms with Gasteiger partial charge in [-0.1, -0.05) is 103 Å². The van der Waals surface area contributed by atoms with Gasteiger partial charge in [0.05, 0.1) is 59.5 Å². The molecule has 0 aromatic heterocycles. The summed E-state index contributed by atoms with van der Waals surface area (Å²) in [6, 6.07) is 40.7. The molecule has 0 spiro atoms. The van der Waals surface area contributed by atoms with Crippen molar-refractivity contribution in [3.05, 3.63) is 155 Å². The number of carbonyl (C=O) groups excluding carboxylic acids is 2. The lowest BCUT2D eigenvalue weighted by molar-refractivity contribution is -0.151. The fraction of sp³-hybridized carbons (Fsp3) is 0.340. The Bertz CT molecular complexity index is 2220. The van der Waals surface area contributed by atoms with Crippen LogP contribution in [0.4, 0.5) is 4.79 Å². The number of aliphatic carboxylic acids is 1. The average molecular weight is 859 g/mol. The molecule has 5 aromatic carbocycles. The first-order valence-electron chi connectivity index (χ1n) is 21.1. The standard InChI is InChI=1S/C50H54N2O11/c1-49(57,51-27-28-60-29-30-62-50(34-11-5-4-6-12-34,35-17-21-37(58-2)22-18-35)36-19-23-38(59-3)24-20-36)45-31-39(63-47(55)26-25-46(53)54)32-52(45)48(56)61-33-44-42-15-9-7-13-40(42)41-14-8-10-16-43(41)44/h4-24,39,44-45,51,57H,25-33H2,1-3H3,(H,53,54)/t39-,45+,49?/m1/s1. The minimum absolute atomic E-state index is 0.0443. The van der Waals surface area contributed by atoms with Crippen LogP contribution < -0.4 is 14.8 Å². The summed E-state index contributed by atoms with van der Waals surface area (Å²) in [4.78, 5) is 39.0. The molecule has 330 valence electrons. The molecule has 2 aliphatic rings. The molecular formula is C50H54N2O11. The average Bonchev–Trinajstić information content (AvgIpc) is 3.89. The molecule has 1 heterocycles. The van der Waals surface area contributed by atoms with Gasteiger partial charge in [-0.05, 0) is 70.1 Å². The van der Waals surface area contributed by atoms with E-state index in [1.165, 1.54) is 4.90 Å². The number of aliphatic hydroxyl groups is 1. The number of amides is 1. The second kappa shape index (κ2) is 20.3. The normalized spacial score (nSPS) is 16.7. The summed E-state index contributed by atoms with van der Waals surface area (Å²) in [5.41, 5.74) is 4.31. The summed E-state index contributed by atoms with van der Waals surface area (Å²) in [6.07, 6.45) is -2.07. The zero-order chi connectivity index (χ0) is 44.4. The maximum Gasteiger partial charge on any atom is 0.410 e. The van der Waals surface area contributed by atoms with E-state index in [0.29, 0.717) is 11.5 Å². The second-order valence-corrected chi connectivity index (χ2v) is 15.8. The van der Waals surface area contributed by atoms with E-state index in [4.69, 9.17) is 33.5 Å². The summed E-state index contributed by atoms with van der Waals surface area (Å²) in [5.74, 6) is -0.574. The van der Waals surface area contributed by atoms with Crippen molar-refractivity contribution in [2.24, 2.45) is 0 Å². The van der Waals surface area contributed by atoms with Crippen LogP contribution in [-0.2, 0) is 34.1 Å². The van der Waals surface area contributed by atoms with Crippen LogP contribution in [0.5, 0.6) is 11.5 Å². The SMILES string of the molecule is COc1ccc(C(OCCOCCNC(C)(O)[C@@H]2C[C@@H](OC(=O)CCC(=O)O)CN2C(=O)OCC2c3ccccc3-c3ccccc32)(c2ccccc2)c2ccc(OC)cc2)cc1. The van der Waals surface area contributed by atoms with Gasteiger partial charge < -0.3 is 38.6 Å². The van der Waals surface area contributed by atoms with Crippen LogP contribution in [0.3, 0.4) is 0 Å². The predicted molar refractivity (Wildman–Crippen MR) is 235 cm³/mol. The molecule has 1 aliphatic carbocycles. The van der Waals surface area contributed by atoms with E-state index in [1.807, 2.05) is 115 Å². The van der Waals surface area contributed by atoms with Crippen molar-refractivity contribution in [3.8, 4) is 22.6 Å². The molecule has 0 radical (unpaired) electrons. The summed E-state index contributed by atoms with van der Waals surface area (Å²) < 4.78 is 35.4. The van der Waals surface area contributed by atoms with Gasteiger partial charge in [0.1, 0.15) is 35.5 Å². The number of esters is 1. The molecule has 1 amide bonds. The van der Waals surface area contributed by atoms with Crippen molar-refractivity contribution < 1.29 is 53.0 Å². The molecule has 1 fully saturated rings.